The number of para-hydroxylation sites is 2. The molecule has 0 amide bonds. The summed E-state index contributed by atoms with van der Waals surface area (Å²) in [5, 5.41) is 9.11. The summed E-state index contributed by atoms with van der Waals surface area (Å²) in [5.41, 5.74) is 3.45. The van der Waals surface area contributed by atoms with Gasteiger partial charge in [-0.05, 0) is 50.5 Å². The minimum Gasteiger partial charge on any atom is -0.494 e. The fourth-order valence-electron chi connectivity index (χ4n) is 3.00. The maximum Gasteiger partial charge on any atom is 0.119 e. The summed E-state index contributed by atoms with van der Waals surface area (Å²) in [7, 11) is 0. The summed E-state index contributed by atoms with van der Waals surface area (Å²) in [5.74, 6) is 2.00. The minimum absolute atomic E-state index is 0.202. The third kappa shape index (κ3) is 4.60. The van der Waals surface area contributed by atoms with Gasteiger partial charge in [-0.3, -0.25) is 0 Å². The highest BCUT2D eigenvalue weighted by molar-refractivity contribution is 5.75. The lowest BCUT2D eigenvalue weighted by atomic mass is 10.2. The molecule has 25 heavy (non-hydrogen) atoms. The summed E-state index contributed by atoms with van der Waals surface area (Å²) in [6, 6.07) is 16.4. The first kappa shape index (κ1) is 17.5. The van der Waals surface area contributed by atoms with E-state index in [0.717, 1.165) is 55.9 Å². The number of imidazole rings is 1. The number of benzene rings is 2. The highest BCUT2D eigenvalue weighted by Crippen LogP contribution is 2.18. The van der Waals surface area contributed by atoms with Gasteiger partial charge in [-0.1, -0.05) is 29.8 Å². The summed E-state index contributed by atoms with van der Waals surface area (Å²) in [6.07, 6.45) is 3.60. The van der Waals surface area contributed by atoms with Gasteiger partial charge in [-0.15, -0.1) is 0 Å². The highest BCUT2D eigenvalue weighted by atomic mass is 16.5. The number of hydrogen-bond donors (Lipinski definition) is 1. The number of hydrogen-bond acceptors (Lipinski definition) is 3. The van der Waals surface area contributed by atoms with Crippen LogP contribution in [0.5, 0.6) is 5.75 Å². The van der Waals surface area contributed by atoms with E-state index in [4.69, 9.17) is 14.8 Å². The first-order valence-electron chi connectivity index (χ1n) is 9.02. The standard InChI is InChI=1S/C21H26N2O2/c1-17-10-12-18(13-11-17)25-16-5-4-14-23-20-8-3-2-7-19(20)22-21(23)9-6-15-24/h2-3,7-8,10-13,24H,4-6,9,14-16H2,1H3. The summed E-state index contributed by atoms with van der Waals surface area (Å²) in [6.45, 7) is 3.93. The molecule has 4 nitrogen and oxygen atoms in total. The van der Waals surface area contributed by atoms with Crippen LogP contribution in [-0.4, -0.2) is 27.9 Å². The second-order valence-corrected chi connectivity index (χ2v) is 6.36. The Bertz CT molecular complexity index is 793. The van der Waals surface area contributed by atoms with Gasteiger partial charge >= 0.3 is 0 Å². The molecule has 0 aliphatic carbocycles. The van der Waals surface area contributed by atoms with Crippen LogP contribution in [0.4, 0.5) is 0 Å². The molecule has 2 aromatic carbocycles. The zero-order chi connectivity index (χ0) is 17.5. The van der Waals surface area contributed by atoms with Crippen molar-refractivity contribution in [1.82, 2.24) is 9.55 Å². The van der Waals surface area contributed by atoms with E-state index in [1.807, 2.05) is 18.2 Å². The second-order valence-electron chi connectivity index (χ2n) is 6.36. The number of aliphatic hydroxyl groups excluding tert-OH is 1. The van der Waals surface area contributed by atoms with E-state index in [9.17, 15) is 0 Å². The van der Waals surface area contributed by atoms with Crippen LogP contribution in [0.25, 0.3) is 11.0 Å². The molecule has 3 rings (SSSR count). The van der Waals surface area contributed by atoms with E-state index in [-0.39, 0.29) is 6.61 Å². The van der Waals surface area contributed by atoms with Gasteiger partial charge in [0, 0.05) is 19.6 Å². The monoisotopic (exact) mass is 338 g/mol. The predicted octanol–water partition coefficient (Wildman–Crippen LogP) is 4.13. The molecule has 1 aromatic heterocycles. The van der Waals surface area contributed by atoms with Crippen molar-refractivity contribution in [3.05, 3.63) is 59.9 Å². The van der Waals surface area contributed by atoms with Crippen molar-refractivity contribution in [2.75, 3.05) is 13.2 Å². The number of unbranched alkanes of at least 4 members (excludes halogenated alkanes) is 1. The van der Waals surface area contributed by atoms with Gasteiger partial charge in [-0.25, -0.2) is 4.98 Å². The van der Waals surface area contributed by atoms with E-state index in [0.29, 0.717) is 0 Å². The van der Waals surface area contributed by atoms with Gasteiger partial charge in [0.25, 0.3) is 0 Å². The molecule has 0 spiro atoms. The van der Waals surface area contributed by atoms with Crippen LogP contribution in [0.15, 0.2) is 48.5 Å². The Morgan fingerprint density at radius 1 is 1.00 bits per heavy atom. The molecule has 0 fully saturated rings. The second kappa shape index (κ2) is 8.67. The number of aryl methyl sites for hydroxylation is 3. The molecule has 132 valence electrons. The number of fused-ring (bicyclic) bond motifs is 1. The first-order valence-corrected chi connectivity index (χ1v) is 9.02. The van der Waals surface area contributed by atoms with Crippen molar-refractivity contribution in [2.45, 2.75) is 39.2 Å². The lowest BCUT2D eigenvalue weighted by molar-refractivity contribution is 0.286. The van der Waals surface area contributed by atoms with Crippen molar-refractivity contribution in [1.29, 1.82) is 0 Å². The summed E-state index contributed by atoms with van der Waals surface area (Å²) < 4.78 is 8.09. The number of nitrogens with zero attached hydrogens (tertiary/aromatic N) is 2. The van der Waals surface area contributed by atoms with Gasteiger partial charge in [0.15, 0.2) is 0 Å². The van der Waals surface area contributed by atoms with E-state index in [2.05, 4.69) is 41.8 Å². The molecule has 0 atom stereocenters. The number of ether oxygens (including phenoxy) is 1. The number of rotatable bonds is 9. The molecule has 0 saturated carbocycles. The third-order valence-corrected chi connectivity index (χ3v) is 4.36. The molecule has 3 aromatic rings. The fourth-order valence-corrected chi connectivity index (χ4v) is 3.00. The van der Waals surface area contributed by atoms with E-state index in [1.165, 1.54) is 11.1 Å². The molecule has 0 unspecified atom stereocenters. The largest absolute Gasteiger partial charge is 0.494 e. The van der Waals surface area contributed by atoms with Crippen molar-refractivity contribution >= 4 is 11.0 Å². The zero-order valence-electron chi connectivity index (χ0n) is 14.8. The molecule has 0 aliphatic rings. The van der Waals surface area contributed by atoms with Crippen molar-refractivity contribution in [2.24, 2.45) is 0 Å². The van der Waals surface area contributed by atoms with Crippen molar-refractivity contribution in [3.8, 4) is 5.75 Å². The molecule has 1 heterocycles. The first-order chi connectivity index (χ1) is 12.3. The zero-order valence-corrected chi connectivity index (χ0v) is 14.8. The maximum absolute atomic E-state index is 9.11. The van der Waals surface area contributed by atoms with Gasteiger partial charge in [0.2, 0.25) is 0 Å². The van der Waals surface area contributed by atoms with Crippen molar-refractivity contribution < 1.29 is 9.84 Å². The van der Waals surface area contributed by atoms with Crippen LogP contribution in [0.1, 0.15) is 30.7 Å². The van der Waals surface area contributed by atoms with Gasteiger partial charge in [-0.2, -0.15) is 0 Å². The third-order valence-electron chi connectivity index (χ3n) is 4.36. The molecular weight excluding hydrogens is 312 g/mol. The lowest BCUT2D eigenvalue weighted by Gasteiger charge is -2.10. The lowest BCUT2D eigenvalue weighted by Crippen LogP contribution is -2.07. The Morgan fingerprint density at radius 3 is 2.60 bits per heavy atom. The normalized spacial score (nSPS) is 11.1. The average molecular weight is 338 g/mol. The maximum atomic E-state index is 9.11. The summed E-state index contributed by atoms with van der Waals surface area (Å²) in [4.78, 5) is 4.73. The van der Waals surface area contributed by atoms with Gasteiger partial charge in [0.05, 0.1) is 17.6 Å². The molecule has 0 saturated heterocycles. The topological polar surface area (TPSA) is 47.3 Å². The SMILES string of the molecule is Cc1ccc(OCCCCn2c(CCCO)nc3ccccc32)cc1. The Kier molecular flexibility index (Phi) is 6.07. The van der Waals surface area contributed by atoms with Gasteiger partial charge in [0.1, 0.15) is 11.6 Å². The Labute approximate surface area is 149 Å². The van der Waals surface area contributed by atoms with Crippen LogP contribution >= 0.6 is 0 Å². The highest BCUT2D eigenvalue weighted by Gasteiger charge is 2.09. The van der Waals surface area contributed by atoms with E-state index in [1.54, 1.807) is 0 Å². The van der Waals surface area contributed by atoms with Crippen LogP contribution in [-0.2, 0) is 13.0 Å². The molecular formula is C21H26N2O2. The van der Waals surface area contributed by atoms with E-state index >= 15 is 0 Å². The Hall–Kier alpha value is -2.33. The Balaban J connectivity index is 1.55. The number of aliphatic hydroxyl groups is 1. The van der Waals surface area contributed by atoms with Crippen molar-refractivity contribution in [3.63, 3.8) is 0 Å². The molecule has 1 N–H and O–H groups in total. The Morgan fingerprint density at radius 2 is 1.80 bits per heavy atom. The van der Waals surface area contributed by atoms with Crippen LogP contribution in [0, 0.1) is 6.92 Å². The van der Waals surface area contributed by atoms with Crippen LogP contribution in [0.2, 0.25) is 0 Å². The van der Waals surface area contributed by atoms with E-state index < -0.39 is 0 Å². The quantitative estimate of drug-likeness (QED) is 0.597. The molecule has 4 heteroatoms. The molecule has 0 bridgehead atoms. The summed E-state index contributed by atoms with van der Waals surface area (Å²) >= 11 is 0. The smallest absolute Gasteiger partial charge is 0.119 e. The molecule has 0 radical (unpaired) electrons. The van der Waals surface area contributed by atoms with Gasteiger partial charge < -0.3 is 14.4 Å². The minimum atomic E-state index is 0.202. The van der Waals surface area contributed by atoms with Crippen LogP contribution < -0.4 is 4.74 Å². The number of aromatic nitrogens is 2. The fraction of sp³-hybridized carbons (Fsp3) is 0.381. The predicted molar refractivity (Wildman–Crippen MR) is 101 cm³/mol. The molecule has 0 aliphatic heterocycles. The average Bonchev–Trinajstić information content (AvgIpc) is 2.99. The van der Waals surface area contributed by atoms with Crippen LogP contribution in [0.3, 0.4) is 0 Å².